The number of benzene rings is 2. The summed E-state index contributed by atoms with van der Waals surface area (Å²) < 4.78 is 20.2. The Morgan fingerprint density at radius 3 is 2.76 bits per heavy atom. The monoisotopic (exact) mass is 371 g/mol. The SMILES string of the molecule is CC(N)Cc1ccc(OCc2cccc(Cl)c2F)c(Br)c1. The van der Waals surface area contributed by atoms with Crippen molar-refractivity contribution in [3.8, 4) is 5.75 Å². The van der Waals surface area contributed by atoms with Gasteiger partial charge in [0.2, 0.25) is 0 Å². The van der Waals surface area contributed by atoms with Gasteiger partial charge in [0.1, 0.15) is 18.2 Å². The molecule has 2 nitrogen and oxygen atoms in total. The lowest BCUT2D eigenvalue weighted by Crippen LogP contribution is -2.17. The minimum Gasteiger partial charge on any atom is -0.488 e. The van der Waals surface area contributed by atoms with Crippen LogP contribution >= 0.6 is 27.5 Å². The molecule has 0 bridgehead atoms. The van der Waals surface area contributed by atoms with Crippen molar-refractivity contribution < 1.29 is 9.13 Å². The number of ether oxygens (including phenoxy) is 1. The van der Waals surface area contributed by atoms with E-state index in [2.05, 4.69) is 15.9 Å². The van der Waals surface area contributed by atoms with Crippen LogP contribution in [0.15, 0.2) is 40.9 Å². The van der Waals surface area contributed by atoms with Gasteiger partial charge in [-0.15, -0.1) is 0 Å². The van der Waals surface area contributed by atoms with Crippen molar-refractivity contribution in [3.05, 3.63) is 62.8 Å². The molecule has 0 aromatic heterocycles. The minimum absolute atomic E-state index is 0.0995. The van der Waals surface area contributed by atoms with E-state index >= 15 is 0 Å². The summed E-state index contributed by atoms with van der Waals surface area (Å²) in [6, 6.07) is 10.7. The molecule has 1 unspecified atom stereocenters. The van der Waals surface area contributed by atoms with E-state index in [1.807, 2.05) is 25.1 Å². The summed E-state index contributed by atoms with van der Waals surface area (Å²) >= 11 is 9.20. The van der Waals surface area contributed by atoms with Crippen LogP contribution in [0, 0.1) is 5.82 Å². The van der Waals surface area contributed by atoms with E-state index in [1.165, 1.54) is 6.07 Å². The molecule has 112 valence electrons. The molecule has 1 atom stereocenters. The van der Waals surface area contributed by atoms with E-state index in [4.69, 9.17) is 22.1 Å². The Labute approximate surface area is 137 Å². The maximum absolute atomic E-state index is 13.8. The van der Waals surface area contributed by atoms with E-state index < -0.39 is 5.82 Å². The Morgan fingerprint density at radius 2 is 2.10 bits per heavy atom. The van der Waals surface area contributed by atoms with Gasteiger partial charge in [0, 0.05) is 11.6 Å². The first kappa shape index (κ1) is 16.3. The average molecular weight is 373 g/mol. The zero-order valence-electron chi connectivity index (χ0n) is 11.6. The maximum Gasteiger partial charge on any atom is 0.148 e. The summed E-state index contributed by atoms with van der Waals surface area (Å²) in [7, 11) is 0. The van der Waals surface area contributed by atoms with E-state index in [-0.39, 0.29) is 17.7 Å². The predicted octanol–water partition coefficient (Wildman–Crippen LogP) is 4.71. The van der Waals surface area contributed by atoms with Crippen LogP contribution in [0.25, 0.3) is 0 Å². The Morgan fingerprint density at radius 1 is 1.33 bits per heavy atom. The standard InChI is InChI=1S/C16H16BrClFNO/c1-10(20)7-11-5-6-15(13(17)8-11)21-9-12-3-2-4-14(18)16(12)19/h2-6,8,10H,7,9,20H2,1H3. The smallest absolute Gasteiger partial charge is 0.148 e. The molecule has 0 aliphatic heterocycles. The molecule has 2 rings (SSSR count). The molecule has 0 aliphatic rings. The first-order chi connectivity index (χ1) is 9.97. The zero-order valence-corrected chi connectivity index (χ0v) is 13.9. The van der Waals surface area contributed by atoms with Crippen LogP contribution in [0.1, 0.15) is 18.1 Å². The van der Waals surface area contributed by atoms with Crippen LogP contribution in [0.3, 0.4) is 0 Å². The van der Waals surface area contributed by atoms with Gasteiger partial charge in [-0.05, 0) is 53.0 Å². The van der Waals surface area contributed by atoms with Crippen molar-refractivity contribution >= 4 is 27.5 Å². The Balaban J connectivity index is 2.08. The van der Waals surface area contributed by atoms with Crippen LogP contribution in [0.5, 0.6) is 5.75 Å². The van der Waals surface area contributed by atoms with Crippen LogP contribution in [0.4, 0.5) is 4.39 Å². The van der Waals surface area contributed by atoms with Gasteiger partial charge in [-0.2, -0.15) is 0 Å². The summed E-state index contributed by atoms with van der Waals surface area (Å²) in [5, 5.41) is 0.0995. The topological polar surface area (TPSA) is 35.2 Å². The van der Waals surface area contributed by atoms with Crippen LogP contribution in [-0.2, 0) is 13.0 Å². The molecule has 0 fully saturated rings. The number of nitrogens with two attached hydrogens (primary N) is 1. The van der Waals surface area contributed by atoms with Gasteiger partial charge in [0.25, 0.3) is 0 Å². The fourth-order valence-electron chi connectivity index (χ4n) is 1.98. The second kappa shape index (κ2) is 7.25. The Hall–Kier alpha value is -1.10. The van der Waals surface area contributed by atoms with Gasteiger partial charge < -0.3 is 10.5 Å². The molecular weight excluding hydrogens is 357 g/mol. The Bertz CT molecular complexity index is 634. The van der Waals surface area contributed by atoms with Crippen molar-refractivity contribution in [2.75, 3.05) is 0 Å². The first-order valence-corrected chi connectivity index (χ1v) is 7.74. The lowest BCUT2D eigenvalue weighted by Gasteiger charge is -2.11. The van der Waals surface area contributed by atoms with Gasteiger partial charge in [-0.25, -0.2) is 4.39 Å². The summed E-state index contributed by atoms with van der Waals surface area (Å²) in [6.07, 6.45) is 0.793. The minimum atomic E-state index is -0.441. The van der Waals surface area contributed by atoms with Crippen molar-refractivity contribution in [1.29, 1.82) is 0 Å². The molecule has 21 heavy (non-hydrogen) atoms. The molecule has 0 saturated carbocycles. The molecule has 0 aliphatic carbocycles. The highest BCUT2D eigenvalue weighted by molar-refractivity contribution is 9.10. The van der Waals surface area contributed by atoms with E-state index in [1.54, 1.807) is 12.1 Å². The molecule has 5 heteroatoms. The molecule has 2 N–H and O–H groups in total. The third kappa shape index (κ3) is 4.43. The lowest BCUT2D eigenvalue weighted by atomic mass is 10.1. The third-order valence-electron chi connectivity index (χ3n) is 2.97. The fraction of sp³-hybridized carbons (Fsp3) is 0.250. The van der Waals surface area contributed by atoms with Gasteiger partial charge in [-0.1, -0.05) is 29.8 Å². The molecule has 2 aromatic rings. The summed E-state index contributed by atoms with van der Waals surface area (Å²) in [4.78, 5) is 0. The average Bonchev–Trinajstić information content (AvgIpc) is 2.41. The number of hydrogen-bond acceptors (Lipinski definition) is 2. The van der Waals surface area contributed by atoms with Crippen LogP contribution < -0.4 is 10.5 Å². The fourth-order valence-corrected chi connectivity index (χ4v) is 2.71. The molecular formula is C16H16BrClFNO. The van der Waals surface area contributed by atoms with E-state index in [0.717, 1.165) is 16.5 Å². The van der Waals surface area contributed by atoms with Gasteiger partial charge in [-0.3, -0.25) is 0 Å². The predicted molar refractivity (Wildman–Crippen MR) is 87.2 cm³/mol. The van der Waals surface area contributed by atoms with Crippen LogP contribution in [-0.4, -0.2) is 6.04 Å². The summed E-state index contributed by atoms with van der Waals surface area (Å²) in [5.74, 6) is 0.215. The molecule has 0 amide bonds. The summed E-state index contributed by atoms with van der Waals surface area (Å²) in [5.41, 5.74) is 7.33. The second-order valence-electron chi connectivity index (χ2n) is 4.95. The highest BCUT2D eigenvalue weighted by Gasteiger charge is 2.09. The molecule has 2 aromatic carbocycles. The normalized spacial score (nSPS) is 12.2. The second-order valence-corrected chi connectivity index (χ2v) is 6.21. The van der Waals surface area contributed by atoms with E-state index in [9.17, 15) is 4.39 Å². The molecule has 0 saturated heterocycles. The maximum atomic E-state index is 13.8. The molecule has 0 heterocycles. The Kier molecular flexibility index (Phi) is 5.62. The zero-order chi connectivity index (χ0) is 15.4. The number of hydrogen-bond donors (Lipinski definition) is 1. The quantitative estimate of drug-likeness (QED) is 0.825. The van der Waals surface area contributed by atoms with Gasteiger partial charge in [0.05, 0.1) is 9.50 Å². The van der Waals surface area contributed by atoms with Gasteiger partial charge >= 0.3 is 0 Å². The van der Waals surface area contributed by atoms with Crippen molar-refractivity contribution in [2.45, 2.75) is 26.0 Å². The van der Waals surface area contributed by atoms with Gasteiger partial charge in [0.15, 0.2) is 0 Å². The number of halogens is 3. The third-order valence-corrected chi connectivity index (χ3v) is 3.88. The molecule has 0 spiro atoms. The van der Waals surface area contributed by atoms with Crippen molar-refractivity contribution in [1.82, 2.24) is 0 Å². The van der Waals surface area contributed by atoms with E-state index in [0.29, 0.717) is 11.3 Å². The first-order valence-electron chi connectivity index (χ1n) is 6.57. The summed E-state index contributed by atoms with van der Waals surface area (Å²) in [6.45, 7) is 2.08. The van der Waals surface area contributed by atoms with Crippen molar-refractivity contribution in [2.24, 2.45) is 5.73 Å². The van der Waals surface area contributed by atoms with Crippen molar-refractivity contribution in [3.63, 3.8) is 0 Å². The highest BCUT2D eigenvalue weighted by atomic mass is 79.9. The molecule has 0 radical (unpaired) electrons. The lowest BCUT2D eigenvalue weighted by molar-refractivity contribution is 0.298. The highest BCUT2D eigenvalue weighted by Crippen LogP contribution is 2.28. The largest absolute Gasteiger partial charge is 0.488 e. The number of rotatable bonds is 5. The van der Waals surface area contributed by atoms with Crippen LogP contribution in [0.2, 0.25) is 5.02 Å².